The van der Waals surface area contributed by atoms with Gasteiger partial charge in [0.2, 0.25) is 5.91 Å². The van der Waals surface area contributed by atoms with Crippen LogP contribution in [0.2, 0.25) is 0 Å². The highest BCUT2D eigenvalue weighted by Crippen LogP contribution is 2.20. The van der Waals surface area contributed by atoms with Crippen LogP contribution in [0.5, 0.6) is 0 Å². The van der Waals surface area contributed by atoms with Crippen LogP contribution in [0.1, 0.15) is 21.9 Å². The maximum atomic E-state index is 12.9. The van der Waals surface area contributed by atoms with Gasteiger partial charge in [-0.25, -0.2) is 4.98 Å². The van der Waals surface area contributed by atoms with E-state index < -0.39 is 6.04 Å². The fourth-order valence-electron chi connectivity index (χ4n) is 3.17. The number of aromatic amines is 1. The van der Waals surface area contributed by atoms with Crippen LogP contribution in [0, 0.1) is 6.92 Å². The number of amides is 2. The number of carbonyl (C=O) groups is 2. The van der Waals surface area contributed by atoms with Crippen LogP contribution in [0.4, 0.5) is 0 Å². The van der Waals surface area contributed by atoms with Gasteiger partial charge in [-0.05, 0) is 25.1 Å². The zero-order chi connectivity index (χ0) is 17.4. The second kappa shape index (κ2) is 6.08. The number of aryl methyl sites for hydroxylation is 1. The van der Waals surface area contributed by atoms with Crippen LogP contribution < -0.4 is 5.32 Å². The van der Waals surface area contributed by atoms with Crippen molar-refractivity contribution in [3.05, 3.63) is 53.7 Å². The van der Waals surface area contributed by atoms with E-state index in [1.807, 2.05) is 31.2 Å². The molecular weight excluding hydrogens is 320 g/mol. The Morgan fingerprint density at radius 3 is 2.96 bits per heavy atom. The molecule has 1 aliphatic heterocycles. The largest absolute Gasteiger partial charge is 0.441 e. The van der Waals surface area contributed by atoms with Crippen LogP contribution >= 0.6 is 0 Å². The molecule has 25 heavy (non-hydrogen) atoms. The number of aromatic nitrogens is 2. The number of para-hydroxylation sites is 2. The van der Waals surface area contributed by atoms with Crippen molar-refractivity contribution in [2.75, 3.05) is 13.1 Å². The molecule has 4 rings (SSSR count). The highest BCUT2D eigenvalue weighted by Gasteiger charge is 2.35. The quantitative estimate of drug-likeness (QED) is 0.760. The molecule has 0 radical (unpaired) electrons. The molecule has 1 unspecified atom stereocenters. The molecule has 0 saturated carbocycles. The van der Waals surface area contributed by atoms with E-state index in [2.05, 4.69) is 15.3 Å². The van der Waals surface area contributed by atoms with E-state index in [-0.39, 0.29) is 18.2 Å². The first-order chi connectivity index (χ1) is 12.1. The molecular formula is C18H18N4O3. The van der Waals surface area contributed by atoms with Crippen molar-refractivity contribution in [3.8, 4) is 0 Å². The number of rotatable bonds is 3. The average molecular weight is 338 g/mol. The fraction of sp³-hybridized carbons (Fsp3) is 0.278. The van der Waals surface area contributed by atoms with Crippen molar-refractivity contribution in [1.82, 2.24) is 20.2 Å². The minimum atomic E-state index is -0.636. The van der Waals surface area contributed by atoms with Gasteiger partial charge in [-0.1, -0.05) is 12.1 Å². The third-order valence-corrected chi connectivity index (χ3v) is 4.48. The van der Waals surface area contributed by atoms with Gasteiger partial charge in [0.05, 0.1) is 12.0 Å². The second-order valence-corrected chi connectivity index (χ2v) is 6.10. The van der Waals surface area contributed by atoms with Gasteiger partial charge in [0.15, 0.2) is 11.5 Å². The highest BCUT2D eigenvalue weighted by atomic mass is 16.3. The molecule has 2 aromatic heterocycles. The number of H-pyrrole nitrogens is 1. The zero-order valence-electron chi connectivity index (χ0n) is 13.8. The number of fused-ring (bicyclic) bond motifs is 1. The summed E-state index contributed by atoms with van der Waals surface area (Å²) in [6, 6.07) is 8.54. The van der Waals surface area contributed by atoms with Crippen molar-refractivity contribution < 1.29 is 14.0 Å². The first-order valence-electron chi connectivity index (χ1n) is 8.20. The Hall–Kier alpha value is -3.09. The van der Waals surface area contributed by atoms with Gasteiger partial charge in [-0.3, -0.25) is 9.59 Å². The predicted octanol–water partition coefficient (Wildman–Crippen LogP) is 1.65. The van der Waals surface area contributed by atoms with Gasteiger partial charge < -0.3 is 19.6 Å². The number of piperazine rings is 1. The molecule has 0 bridgehead atoms. The summed E-state index contributed by atoms with van der Waals surface area (Å²) >= 11 is 0. The first-order valence-corrected chi connectivity index (χ1v) is 8.20. The molecule has 1 aromatic carbocycles. The number of hydrogen-bond acceptors (Lipinski definition) is 4. The van der Waals surface area contributed by atoms with E-state index >= 15 is 0 Å². The highest BCUT2D eigenvalue weighted by molar-refractivity contribution is 5.99. The lowest BCUT2D eigenvalue weighted by Gasteiger charge is -2.34. The van der Waals surface area contributed by atoms with Crippen LogP contribution in [0.15, 0.2) is 40.9 Å². The van der Waals surface area contributed by atoms with Gasteiger partial charge in [0.1, 0.15) is 11.6 Å². The van der Waals surface area contributed by atoms with Gasteiger partial charge >= 0.3 is 0 Å². The van der Waals surface area contributed by atoms with E-state index in [9.17, 15) is 9.59 Å². The Labute approximate surface area is 144 Å². The van der Waals surface area contributed by atoms with E-state index in [0.717, 1.165) is 11.2 Å². The number of hydrogen-bond donors (Lipinski definition) is 2. The lowest BCUT2D eigenvalue weighted by Crippen LogP contribution is -2.58. The van der Waals surface area contributed by atoms with Crippen LogP contribution in [-0.4, -0.2) is 45.8 Å². The molecule has 1 fully saturated rings. The zero-order valence-corrected chi connectivity index (χ0v) is 13.8. The SMILES string of the molecule is Cc1[nH]ccc1C(=O)N1CCNC(=O)C1Cc1nc2ccccc2o1. The molecule has 0 aliphatic carbocycles. The lowest BCUT2D eigenvalue weighted by atomic mass is 10.1. The van der Waals surface area contributed by atoms with Crippen molar-refractivity contribution in [3.63, 3.8) is 0 Å². The maximum Gasteiger partial charge on any atom is 0.256 e. The smallest absolute Gasteiger partial charge is 0.256 e. The van der Waals surface area contributed by atoms with E-state index in [1.165, 1.54) is 0 Å². The normalized spacial score (nSPS) is 17.7. The Kier molecular flexibility index (Phi) is 3.76. The molecule has 7 nitrogen and oxygen atoms in total. The molecule has 7 heteroatoms. The van der Waals surface area contributed by atoms with E-state index in [0.29, 0.717) is 30.1 Å². The Morgan fingerprint density at radius 1 is 1.36 bits per heavy atom. The summed E-state index contributed by atoms with van der Waals surface area (Å²) in [5.41, 5.74) is 2.79. The number of nitrogens with zero attached hydrogens (tertiary/aromatic N) is 2. The number of oxazole rings is 1. The van der Waals surface area contributed by atoms with Gasteiger partial charge in [-0.15, -0.1) is 0 Å². The third kappa shape index (κ3) is 2.77. The van der Waals surface area contributed by atoms with E-state index in [1.54, 1.807) is 17.2 Å². The molecule has 1 atom stereocenters. The lowest BCUT2D eigenvalue weighted by molar-refractivity contribution is -0.127. The molecule has 3 aromatic rings. The Morgan fingerprint density at radius 2 is 2.20 bits per heavy atom. The topological polar surface area (TPSA) is 91.2 Å². The van der Waals surface area contributed by atoms with Crippen LogP contribution in [0.3, 0.4) is 0 Å². The summed E-state index contributed by atoms with van der Waals surface area (Å²) in [5, 5.41) is 2.82. The molecule has 0 spiro atoms. The van der Waals surface area contributed by atoms with Crippen molar-refractivity contribution >= 4 is 22.9 Å². The summed E-state index contributed by atoms with van der Waals surface area (Å²) in [6.45, 7) is 2.74. The molecule has 2 N–H and O–H groups in total. The van der Waals surface area contributed by atoms with Crippen LogP contribution in [-0.2, 0) is 11.2 Å². The van der Waals surface area contributed by atoms with E-state index in [4.69, 9.17) is 4.42 Å². The minimum Gasteiger partial charge on any atom is -0.441 e. The summed E-state index contributed by atoms with van der Waals surface area (Å²) in [7, 11) is 0. The monoisotopic (exact) mass is 338 g/mol. The third-order valence-electron chi connectivity index (χ3n) is 4.48. The maximum absolute atomic E-state index is 12.9. The van der Waals surface area contributed by atoms with Crippen molar-refractivity contribution in [1.29, 1.82) is 0 Å². The minimum absolute atomic E-state index is 0.158. The number of benzene rings is 1. The Balaban J connectivity index is 1.63. The van der Waals surface area contributed by atoms with Gasteiger partial charge in [0, 0.05) is 25.0 Å². The predicted molar refractivity (Wildman–Crippen MR) is 91.1 cm³/mol. The summed E-state index contributed by atoms with van der Waals surface area (Å²) in [6.07, 6.45) is 1.97. The second-order valence-electron chi connectivity index (χ2n) is 6.10. The van der Waals surface area contributed by atoms with Crippen LogP contribution in [0.25, 0.3) is 11.1 Å². The molecule has 3 heterocycles. The summed E-state index contributed by atoms with van der Waals surface area (Å²) < 4.78 is 5.73. The molecule has 1 saturated heterocycles. The Bertz CT molecular complexity index is 910. The van der Waals surface area contributed by atoms with Gasteiger partial charge in [0.25, 0.3) is 5.91 Å². The van der Waals surface area contributed by atoms with Gasteiger partial charge in [-0.2, -0.15) is 0 Å². The molecule has 1 aliphatic rings. The summed E-state index contributed by atoms with van der Waals surface area (Å²) in [5.74, 6) is 0.108. The molecule has 2 amide bonds. The fourth-order valence-corrected chi connectivity index (χ4v) is 3.17. The average Bonchev–Trinajstić information content (AvgIpc) is 3.21. The number of carbonyl (C=O) groups excluding carboxylic acids is 2. The van der Waals surface area contributed by atoms with Crippen molar-refractivity contribution in [2.45, 2.75) is 19.4 Å². The first kappa shape index (κ1) is 15.4. The standard InChI is InChI=1S/C18H18N4O3/c1-11-12(6-7-19-11)18(24)22-9-8-20-17(23)14(22)10-16-21-13-4-2-3-5-15(13)25-16/h2-7,14,19H,8-10H2,1H3,(H,20,23). The molecule has 128 valence electrons. The summed E-state index contributed by atoms with van der Waals surface area (Å²) in [4.78, 5) is 34.3. The van der Waals surface area contributed by atoms with Crippen molar-refractivity contribution in [2.24, 2.45) is 0 Å². The number of nitrogens with one attached hydrogen (secondary N) is 2.